The first-order chi connectivity index (χ1) is 28.7. The highest BCUT2D eigenvalue weighted by Crippen LogP contribution is 2.51. The second-order valence-electron chi connectivity index (χ2n) is 12.6. The summed E-state index contributed by atoms with van der Waals surface area (Å²) in [6, 6.07) is 43.5. The van der Waals surface area contributed by atoms with Gasteiger partial charge in [-0.05, 0) is 77.8 Å². The van der Waals surface area contributed by atoms with Crippen LogP contribution in [-0.2, 0) is 0 Å². The van der Waals surface area contributed by atoms with Crippen LogP contribution in [-0.4, -0.2) is 0 Å². The summed E-state index contributed by atoms with van der Waals surface area (Å²) in [6.45, 7) is 0. The molecule has 0 aliphatic heterocycles. The lowest BCUT2D eigenvalue weighted by molar-refractivity contribution is 0.632. The topological polar surface area (TPSA) is 13.1 Å². The molecule has 1 heteroatoms. The lowest BCUT2D eigenvalue weighted by Crippen LogP contribution is -1.94. The molecule has 10 aromatic rings. The molecule has 0 aliphatic carbocycles. The third-order valence-electron chi connectivity index (χ3n) is 9.72. The summed E-state index contributed by atoms with van der Waals surface area (Å²) in [5.41, 5.74) is 6.24. The third kappa shape index (κ3) is 4.78. The van der Waals surface area contributed by atoms with E-state index in [1.54, 1.807) is 0 Å². The van der Waals surface area contributed by atoms with E-state index in [1.165, 1.54) is 0 Å². The number of fused-ring (bicyclic) bond motifs is 4. The average Bonchev–Trinajstić information content (AvgIpc) is 3.67. The first-order valence-corrected chi connectivity index (χ1v) is 16.9. The van der Waals surface area contributed by atoms with Gasteiger partial charge in [0.15, 0.2) is 0 Å². The normalized spacial score (nSPS) is 13.7. The van der Waals surface area contributed by atoms with Gasteiger partial charge in [0.25, 0.3) is 0 Å². The van der Waals surface area contributed by atoms with Crippen molar-refractivity contribution in [2.24, 2.45) is 0 Å². The third-order valence-corrected chi connectivity index (χ3v) is 9.72. The van der Waals surface area contributed by atoms with Crippen LogP contribution in [0.4, 0.5) is 0 Å². The molecule has 1 nitrogen and oxygen atoms in total. The molecular weight excluding hydrogens is 617 g/mol. The van der Waals surface area contributed by atoms with Gasteiger partial charge in [0.05, 0.1) is 11.0 Å². The van der Waals surface area contributed by atoms with Gasteiger partial charge >= 0.3 is 0 Å². The van der Waals surface area contributed by atoms with Crippen molar-refractivity contribution in [1.29, 1.82) is 0 Å². The molecule has 0 fully saturated rings. The average molecular weight is 657 g/mol. The summed E-state index contributed by atoms with van der Waals surface area (Å²) in [6.07, 6.45) is 0. The van der Waals surface area contributed by atoms with Crippen molar-refractivity contribution in [3.63, 3.8) is 0 Å². The number of hydrogen-bond acceptors (Lipinski definition) is 1. The van der Waals surface area contributed by atoms with Crippen LogP contribution in [0.25, 0.3) is 99.1 Å². The Bertz CT molecular complexity index is 3260. The van der Waals surface area contributed by atoms with E-state index in [-0.39, 0.29) is 51.3 Å². The highest BCUT2D eigenvalue weighted by atomic mass is 16.3. The summed E-state index contributed by atoms with van der Waals surface area (Å²) in [5, 5.41) is 2.98. The van der Waals surface area contributed by atoms with Gasteiger partial charge in [-0.3, -0.25) is 0 Å². The number of rotatable bonds is 5. The van der Waals surface area contributed by atoms with Crippen molar-refractivity contribution in [3.8, 4) is 55.8 Å². The fraction of sp³-hybridized carbons (Fsp3) is 0. The molecule has 0 saturated carbocycles. The zero-order chi connectivity index (χ0) is 40.7. The first-order valence-electron chi connectivity index (χ1n) is 20.9. The summed E-state index contributed by atoms with van der Waals surface area (Å²) in [5.74, 6) is 0.400. The monoisotopic (exact) mass is 656 g/mol. The Kier molecular flexibility index (Phi) is 5.21. The minimum Gasteiger partial charge on any atom is -0.455 e. The van der Waals surface area contributed by atoms with Crippen LogP contribution >= 0.6 is 0 Å². The molecule has 1 aromatic heterocycles. The van der Waals surface area contributed by atoms with E-state index in [1.807, 2.05) is 146 Å². The standard InChI is InChI=1S/C50H32O/c1-4-16-33(17-5-1)37-29-30-43-45(32-37)51-50(36-21-8-3-9-22-36)49(43)48-41-26-14-12-24-39(41)47(40-25-13-15-27-42(40)48)44-31-28-34-18-10-11-23-38(34)46(44)35-19-6-2-7-20-35/h1-32H/i12D,13D,14D,15D,24D,25D,26D,27D. The molecule has 238 valence electrons. The lowest BCUT2D eigenvalue weighted by Gasteiger charge is -2.21. The Morgan fingerprint density at radius 3 is 1.55 bits per heavy atom. The molecule has 0 bridgehead atoms. The molecule has 51 heavy (non-hydrogen) atoms. The van der Waals surface area contributed by atoms with Crippen molar-refractivity contribution in [1.82, 2.24) is 0 Å². The van der Waals surface area contributed by atoms with Gasteiger partial charge < -0.3 is 4.42 Å². The second kappa shape index (κ2) is 12.0. The van der Waals surface area contributed by atoms with Crippen molar-refractivity contribution in [2.75, 3.05) is 0 Å². The maximum Gasteiger partial charge on any atom is 0.143 e. The van der Waals surface area contributed by atoms with Crippen molar-refractivity contribution < 1.29 is 15.4 Å². The predicted molar refractivity (Wildman–Crippen MR) is 216 cm³/mol. The van der Waals surface area contributed by atoms with Gasteiger partial charge in [0, 0.05) is 22.1 Å². The van der Waals surface area contributed by atoms with E-state index in [0.717, 1.165) is 33.0 Å². The minimum atomic E-state index is -0.461. The number of furan rings is 1. The fourth-order valence-corrected chi connectivity index (χ4v) is 7.49. The Balaban J connectivity index is 1.48. The van der Waals surface area contributed by atoms with Gasteiger partial charge in [-0.25, -0.2) is 0 Å². The molecule has 0 unspecified atom stereocenters. The lowest BCUT2D eigenvalue weighted by atomic mass is 9.82. The molecule has 1 heterocycles. The van der Waals surface area contributed by atoms with Gasteiger partial charge in [-0.2, -0.15) is 0 Å². The van der Waals surface area contributed by atoms with Gasteiger partial charge in [0.2, 0.25) is 0 Å². The first kappa shape index (κ1) is 22.1. The van der Waals surface area contributed by atoms with E-state index in [4.69, 9.17) is 9.90 Å². The molecule has 9 aromatic carbocycles. The summed E-state index contributed by atoms with van der Waals surface area (Å²) < 4.78 is 81.7. The van der Waals surface area contributed by atoms with Crippen LogP contribution in [0.2, 0.25) is 0 Å². The highest BCUT2D eigenvalue weighted by molar-refractivity contribution is 6.26. The van der Waals surface area contributed by atoms with Crippen LogP contribution in [0.5, 0.6) is 0 Å². The molecule has 0 spiro atoms. The zero-order valence-corrected chi connectivity index (χ0v) is 27.3. The van der Waals surface area contributed by atoms with Crippen molar-refractivity contribution in [2.45, 2.75) is 0 Å². The van der Waals surface area contributed by atoms with Crippen molar-refractivity contribution >= 4 is 43.3 Å². The van der Waals surface area contributed by atoms with Crippen LogP contribution in [0, 0.1) is 0 Å². The highest BCUT2D eigenvalue weighted by Gasteiger charge is 2.25. The molecule has 0 aliphatic rings. The molecule has 0 N–H and O–H groups in total. The predicted octanol–water partition coefficient (Wildman–Crippen LogP) is 14.2. The number of benzene rings is 9. The minimum absolute atomic E-state index is 0.128. The van der Waals surface area contributed by atoms with Gasteiger partial charge in [-0.15, -0.1) is 0 Å². The van der Waals surface area contributed by atoms with Crippen LogP contribution in [0.15, 0.2) is 198 Å². The summed E-state index contributed by atoms with van der Waals surface area (Å²) in [7, 11) is 0. The Labute approximate surface area is 307 Å². The van der Waals surface area contributed by atoms with E-state index in [9.17, 15) is 5.48 Å². The zero-order valence-electron chi connectivity index (χ0n) is 35.3. The van der Waals surface area contributed by atoms with E-state index in [2.05, 4.69) is 0 Å². The quantitative estimate of drug-likeness (QED) is 0.168. The SMILES string of the molecule is [2H]c1c([2H])c([2H])c2c(-c3c(-c4ccccc4)oc4cc(-c5ccccc5)ccc34)c3c([2H])c([2H])c([2H])c([2H])c3c(-c3ccc4ccccc4c3-c3ccccc3)c2c1[2H]. The maximum atomic E-state index is 9.69. The molecule has 10 rings (SSSR count). The maximum absolute atomic E-state index is 9.69. The van der Waals surface area contributed by atoms with E-state index >= 15 is 0 Å². The molecule has 0 saturated heterocycles. The Morgan fingerprint density at radius 2 is 0.902 bits per heavy atom. The number of hydrogen-bond donors (Lipinski definition) is 0. The Morgan fingerprint density at radius 1 is 0.353 bits per heavy atom. The molecular formula is C50H32O. The van der Waals surface area contributed by atoms with Crippen LogP contribution in [0.1, 0.15) is 11.0 Å². The van der Waals surface area contributed by atoms with E-state index in [0.29, 0.717) is 39.0 Å². The van der Waals surface area contributed by atoms with Crippen LogP contribution in [0.3, 0.4) is 0 Å². The molecule has 0 radical (unpaired) electrons. The second-order valence-corrected chi connectivity index (χ2v) is 12.6. The largest absolute Gasteiger partial charge is 0.455 e. The molecule has 0 atom stereocenters. The Hall–Kier alpha value is -6.70. The van der Waals surface area contributed by atoms with Crippen molar-refractivity contribution in [3.05, 3.63) is 194 Å². The fourth-order valence-electron chi connectivity index (χ4n) is 7.49. The molecule has 0 amide bonds. The van der Waals surface area contributed by atoms with Gasteiger partial charge in [0.1, 0.15) is 11.3 Å². The summed E-state index contributed by atoms with van der Waals surface area (Å²) >= 11 is 0. The smallest absolute Gasteiger partial charge is 0.143 e. The van der Waals surface area contributed by atoms with E-state index < -0.39 is 24.2 Å². The van der Waals surface area contributed by atoms with Gasteiger partial charge in [-0.1, -0.05) is 182 Å². The summed E-state index contributed by atoms with van der Waals surface area (Å²) in [4.78, 5) is 0. The van der Waals surface area contributed by atoms with Crippen LogP contribution < -0.4 is 0 Å².